The van der Waals surface area contributed by atoms with Crippen molar-refractivity contribution in [3.05, 3.63) is 48.0 Å². The first-order valence-corrected chi connectivity index (χ1v) is 10.6. The maximum Gasteiger partial charge on any atom is 0.277 e. The molecule has 2 aromatic heterocycles. The second kappa shape index (κ2) is 9.31. The summed E-state index contributed by atoms with van der Waals surface area (Å²) in [6.07, 6.45) is 4.62. The quantitative estimate of drug-likeness (QED) is 0.446. The number of carbonyl (C=O) groups is 2. The molecule has 1 aromatic carbocycles. The maximum atomic E-state index is 12.4. The van der Waals surface area contributed by atoms with Gasteiger partial charge < -0.3 is 14.4 Å². The lowest BCUT2D eigenvalue weighted by molar-refractivity contribution is -0.130. The topological polar surface area (TPSA) is 116 Å². The summed E-state index contributed by atoms with van der Waals surface area (Å²) in [6, 6.07) is 7.97. The summed E-state index contributed by atoms with van der Waals surface area (Å²) in [7, 11) is 1.98. The van der Waals surface area contributed by atoms with Crippen LogP contribution in [0.5, 0.6) is 0 Å². The Hall–Kier alpha value is -3.53. The van der Waals surface area contributed by atoms with Crippen molar-refractivity contribution in [2.24, 2.45) is 13.0 Å². The van der Waals surface area contributed by atoms with Gasteiger partial charge in [0, 0.05) is 46.0 Å². The third kappa shape index (κ3) is 4.54. The maximum absolute atomic E-state index is 12.4. The fourth-order valence-corrected chi connectivity index (χ4v) is 4.11. The molecule has 1 aliphatic heterocycles. The molecule has 0 aliphatic carbocycles. The molecule has 1 saturated heterocycles. The van der Waals surface area contributed by atoms with Crippen LogP contribution in [0.2, 0.25) is 0 Å². The molecule has 4 rings (SSSR count). The van der Waals surface area contributed by atoms with E-state index in [4.69, 9.17) is 10.2 Å². The monoisotopic (exact) mass is 437 g/mol. The number of imidazole rings is 1. The molecule has 3 aromatic rings. The Labute approximate surface area is 185 Å². The van der Waals surface area contributed by atoms with Gasteiger partial charge in [0.2, 0.25) is 11.9 Å². The molecule has 0 atom stereocenters. The van der Waals surface area contributed by atoms with Gasteiger partial charge in [-0.1, -0.05) is 12.1 Å². The molecule has 1 fully saturated rings. The van der Waals surface area contributed by atoms with E-state index >= 15 is 0 Å². The number of carbonyl (C=O) groups excluding carboxylic acids is 2. The molecule has 32 heavy (non-hydrogen) atoms. The van der Waals surface area contributed by atoms with Crippen molar-refractivity contribution in [3.8, 4) is 0 Å². The zero-order valence-corrected chi connectivity index (χ0v) is 18.2. The van der Waals surface area contributed by atoms with Gasteiger partial charge in [0.05, 0.1) is 23.1 Å². The highest BCUT2D eigenvalue weighted by molar-refractivity contribution is 5.92. The molecule has 2 N–H and O–H groups in total. The van der Waals surface area contributed by atoms with Crippen LogP contribution in [0, 0.1) is 5.92 Å². The summed E-state index contributed by atoms with van der Waals surface area (Å²) in [5.74, 6) is 1.21. The number of rotatable bonds is 6. The van der Waals surface area contributed by atoms with Gasteiger partial charge in [-0.3, -0.25) is 14.8 Å². The highest BCUT2D eigenvalue weighted by Gasteiger charge is 2.25. The molecule has 0 saturated carbocycles. The van der Waals surface area contributed by atoms with Gasteiger partial charge in [-0.15, -0.1) is 0 Å². The number of para-hydroxylation sites is 2. The van der Waals surface area contributed by atoms with E-state index in [9.17, 15) is 9.59 Å². The first-order chi connectivity index (χ1) is 15.5. The zero-order chi connectivity index (χ0) is 22.7. The van der Waals surface area contributed by atoms with Crippen LogP contribution < -0.4 is 10.4 Å². The number of amides is 2. The van der Waals surface area contributed by atoms with Crippen LogP contribution in [0.3, 0.4) is 0 Å². The SMILES string of the molecule is CC(=O)N(Cc1nc2ccccc2n1C)CC1CCN(c2ncc(C(=O)NO)cn2)CC1. The van der Waals surface area contributed by atoms with Gasteiger partial charge in [0.25, 0.3) is 5.91 Å². The predicted octanol–water partition coefficient (Wildman–Crippen LogP) is 1.75. The van der Waals surface area contributed by atoms with E-state index in [1.54, 1.807) is 12.4 Å². The second-order valence-corrected chi connectivity index (χ2v) is 8.12. The van der Waals surface area contributed by atoms with Crippen molar-refractivity contribution in [1.29, 1.82) is 0 Å². The lowest BCUT2D eigenvalue weighted by Gasteiger charge is -2.34. The van der Waals surface area contributed by atoms with Gasteiger partial charge in [-0.05, 0) is 30.9 Å². The van der Waals surface area contributed by atoms with Crippen molar-refractivity contribution in [3.63, 3.8) is 0 Å². The Bertz CT molecular complexity index is 1100. The molecular formula is C22H27N7O3. The number of piperidine rings is 1. The summed E-state index contributed by atoms with van der Waals surface area (Å²) >= 11 is 0. The molecule has 1 aliphatic rings. The number of benzene rings is 1. The number of hydrogen-bond acceptors (Lipinski definition) is 7. The summed E-state index contributed by atoms with van der Waals surface area (Å²) < 4.78 is 2.05. The van der Waals surface area contributed by atoms with Gasteiger partial charge in [-0.25, -0.2) is 20.4 Å². The van der Waals surface area contributed by atoms with Crippen LogP contribution in [0.4, 0.5) is 5.95 Å². The van der Waals surface area contributed by atoms with Crippen LogP contribution in [-0.2, 0) is 18.4 Å². The van der Waals surface area contributed by atoms with Gasteiger partial charge in [-0.2, -0.15) is 0 Å². The highest BCUT2D eigenvalue weighted by Crippen LogP contribution is 2.23. The van der Waals surface area contributed by atoms with Crippen molar-refractivity contribution < 1.29 is 14.8 Å². The summed E-state index contributed by atoms with van der Waals surface area (Å²) in [6.45, 7) is 4.32. The average molecular weight is 438 g/mol. The Morgan fingerprint density at radius 1 is 1.19 bits per heavy atom. The van der Waals surface area contributed by atoms with Crippen LogP contribution in [-0.4, -0.2) is 61.1 Å². The number of aryl methyl sites for hydroxylation is 1. The van der Waals surface area contributed by atoms with E-state index in [0.29, 0.717) is 25.0 Å². The lowest BCUT2D eigenvalue weighted by Crippen LogP contribution is -2.41. The number of fused-ring (bicyclic) bond motifs is 1. The average Bonchev–Trinajstić information content (AvgIpc) is 3.14. The minimum atomic E-state index is -0.639. The van der Waals surface area contributed by atoms with Crippen molar-refractivity contribution in [1.82, 2.24) is 29.9 Å². The Morgan fingerprint density at radius 2 is 1.88 bits per heavy atom. The molecule has 0 unspecified atom stereocenters. The Morgan fingerprint density at radius 3 is 2.50 bits per heavy atom. The molecule has 10 heteroatoms. The number of nitrogens with one attached hydrogen (secondary N) is 1. The largest absolute Gasteiger partial charge is 0.341 e. The fraction of sp³-hybridized carbons (Fsp3) is 0.409. The fourth-order valence-electron chi connectivity index (χ4n) is 4.11. The lowest BCUT2D eigenvalue weighted by atomic mass is 9.96. The van der Waals surface area contributed by atoms with Gasteiger partial charge in [0.1, 0.15) is 5.82 Å². The normalized spacial score (nSPS) is 14.5. The van der Waals surface area contributed by atoms with Crippen LogP contribution in [0.25, 0.3) is 11.0 Å². The molecule has 0 bridgehead atoms. The number of hydrogen-bond donors (Lipinski definition) is 2. The highest BCUT2D eigenvalue weighted by atomic mass is 16.5. The minimum absolute atomic E-state index is 0.0422. The first kappa shape index (κ1) is 21.7. The smallest absolute Gasteiger partial charge is 0.277 e. The van der Waals surface area contributed by atoms with E-state index in [1.165, 1.54) is 12.4 Å². The van der Waals surface area contributed by atoms with Crippen molar-refractivity contribution in [2.75, 3.05) is 24.5 Å². The third-order valence-corrected chi connectivity index (χ3v) is 6.04. The number of nitrogens with zero attached hydrogens (tertiary/aromatic N) is 6. The summed E-state index contributed by atoms with van der Waals surface area (Å²) in [4.78, 5) is 40.9. The molecular weight excluding hydrogens is 410 g/mol. The minimum Gasteiger partial charge on any atom is -0.341 e. The van der Waals surface area contributed by atoms with E-state index < -0.39 is 5.91 Å². The van der Waals surface area contributed by atoms with E-state index in [1.807, 2.05) is 40.8 Å². The third-order valence-electron chi connectivity index (χ3n) is 6.04. The molecule has 3 heterocycles. The Balaban J connectivity index is 1.36. The van der Waals surface area contributed by atoms with Crippen molar-refractivity contribution in [2.45, 2.75) is 26.3 Å². The number of anilines is 1. The number of hydroxylamine groups is 1. The van der Waals surface area contributed by atoms with Crippen molar-refractivity contribution >= 4 is 28.8 Å². The number of aromatic nitrogens is 4. The second-order valence-electron chi connectivity index (χ2n) is 8.12. The first-order valence-electron chi connectivity index (χ1n) is 10.6. The Kier molecular flexibility index (Phi) is 6.31. The molecule has 168 valence electrons. The van der Waals surface area contributed by atoms with Crippen LogP contribution in [0.1, 0.15) is 35.9 Å². The predicted molar refractivity (Wildman–Crippen MR) is 118 cm³/mol. The summed E-state index contributed by atoms with van der Waals surface area (Å²) in [5, 5.41) is 8.69. The van der Waals surface area contributed by atoms with Crippen LogP contribution in [0.15, 0.2) is 36.7 Å². The van der Waals surface area contributed by atoms with Gasteiger partial charge >= 0.3 is 0 Å². The molecule has 10 nitrogen and oxygen atoms in total. The molecule has 0 spiro atoms. The van der Waals surface area contributed by atoms with E-state index in [-0.39, 0.29) is 11.5 Å². The standard InChI is InChI=1S/C22H27N7O3/c1-15(30)29(14-20-25-18-5-3-4-6-19(18)27(20)2)13-16-7-9-28(10-8-16)22-23-11-17(12-24-22)21(31)26-32/h3-6,11-12,16,32H,7-10,13-14H2,1-2H3,(H,26,31). The molecule has 2 amide bonds. The molecule has 0 radical (unpaired) electrons. The van der Waals surface area contributed by atoms with E-state index in [2.05, 4.69) is 14.9 Å². The van der Waals surface area contributed by atoms with Gasteiger partial charge in [0.15, 0.2) is 0 Å². The summed E-state index contributed by atoms with van der Waals surface area (Å²) in [5.41, 5.74) is 3.76. The zero-order valence-electron chi connectivity index (χ0n) is 18.2. The van der Waals surface area contributed by atoms with Crippen LogP contribution >= 0.6 is 0 Å². The van der Waals surface area contributed by atoms with E-state index in [0.717, 1.165) is 42.8 Å².